The molecular formula is C25H37N3O3. The van der Waals surface area contributed by atoms with Crippen LogP contribution in [0.1, 0.15) is 51.5 Å². The summed E-state index contributed by atoms with van der Waals surface area (Å²) in [4.78, 5) is 40.2. The Balaban J connectivity index is 2.09. The lowest BCUT2D eigenvalue weighted by Crippen LogP contribution is -2.51. The van der Waals surface area contributed by atoms with E-state index in [1.165, 1.54) is 5.56 Å². The Hall–Kier alpha value is -2.63. The van der Waals surface area contributed by atoms with Gasteiger partial charge in [-0.05, 0) is 50.0 Å². The molecule has 0 bridgehead atoms. The second-order valence-corrected chi connectivity index (χ2v) is 8.89. The zero-order chi connectivity index (χ0) is 22.8. The van der Waals surface area contributed by atoms with Gasteiger partial charge in [0, 0.05) is 13.1 Å². The first-order chi connectivity index (χ1) is 14.8. The largest absolute Gasteiger partial charge is 0.369 e. The number of allylic oxidation sites excluding steroid dienone is 1. The van der Waals surface area contributed by atoms with Crippen LogP contribution >= 0.6 is 0 Å². The van der Waals surface area contributed by atoms with E-state index in [4.69, 9.17) is 5.73 Å². The van der Waals surface area contributed by atoms with E-state index in [1.54, 1.807) is 6.08 Å². The fourth-order valence-electron chi connectivity index (χ4n) is 4.27. The van der Waals surface area contributed by atoms with E-state index >= 15 is 0 Å². The number of likely N-dealkylation sites (tertiary alicyclic amines) is 1. The van der Waals surface area contributed by atoms with Gasteiger partial charge in [0.25, 0.3) is 0 Å². The van der Waals surface area contributed by atoms with Gasteiger partial charge in [-0.1, -0.05) is 50.3 Å². The summed E-state index contributed by atoms with van der Waals surface area (Å²) in [5, 5.41) is 2.96. The van der Waals surface area contributed by atoms with E-state index in [0.717, 1.165) is 19.3 Å². The Morgan fingerprint density at radius 1 is 1.23 bits per heavy atom. The van der Waals surface area contributed by atoms with Gasteiger partial charge in [-0.15, -0.1) is 6.58 Å². The smallest absolute Gasteiger partial charge is 0.245 e. The number of carbonyl (C=O) groups is 3. The van der Waals surface area contributed by atoms with Crippen LogP contribution in [0.4, 0.5) is 0 Å². The Morgan fingerprint density at radius 3 is 2.55 bits per heavy atom. The summed E-state index contributed by atoms with van der Waals surface area (Å²) in [6, 6.07) is 9.53. The topological polar surface area (TPSA) is 92.5 Å². The predicted octanol–water partition coefficient (Wildman–Crippen LogP) is 3.07. The lowest BCUT2D eigenvalue weighted by molar-refractivity contribution is -0.139. The van der Waals surface area contributed by atoms with Crippen molar-refractivity contribution in [1.82, 2.24) is 10.2 Å². The standard InChI is InChI=1S/C25H37N3O3/c1-4-10-20(23(26)29)21(17-18(2)3)24(30)27-22-13-8-9-15-28(25(22)31)16-14-19-11-6-5-7-12-19/h4-7,11-12,18,20-22H,1,8-10,13-17H2,2-3H3,(H2,26,29)(H,27,30)/t20?,21?,22-/m0/s1. The number of carbonyl (C=O) groups excluding carboxylic acids is 3. The molecule has 3 amide bonds. The molecule has 2 unspecified atom stereocenters. The normalized spacial score (nSPS) is 18.9. The number of primary amides is 1. The molecule has 1 aromatic rings. The molecule has 1 heterocycles. The van der Waals surface area contributed by atoms with Crippen molar-refractivity contribution in [2.24, 2.45) is 23.5 Å². The number of nitrogens with one attached hydrogen (secondary N) is 1. The maximum absolute atomic E-state index is 13.2. The summed E-state index contributed by atoms with van der Waals surface area (Å²) in [5.41, 5.74) is 6.78. The van der Waals surface area contributed by atoms with Gasteiger partial charge in [-0.25, -0.2) is 0 Å². The molecule has 0 spiro atoms. The SMILES string of the molecule is C=CCC(C(N)=O)C(CC(C)C)C(=O)N[C@H]1CCCCN(CCc2ccccc2)C1=O. The van der Waals surface area contributed by atoms with Gasteiger partial charge in [0.15, 0.2) is 0 Å². The van der Waals surface area contributed by atoms with Crippen molar-refractivity contribution in [2.75, 3.05) is 13.1 Å². The number of rotatable bonds is 11. The first kappa shape index (κ1) is 24.6. The number of amides is 3. The predicted molar refractivity (Wildman–Crippen MR) is 123 cm³/mol. The molecule has 1 aliphatic heterocycles. The highest BCUT2D eigenvalue weighted by Crippen LogP contribution is 2.25. The van der Waals surface area contributed by atoms with Crippen LogP contribution in [0.25, 0.3) is 0 Å². The maximum Gasteiger partial charge on any atom is 0.245 e. The Kier molecular flexibility index (Phi) is 9.76. The summed E-state index contributed by atoms with van der Waals surface area (Å²) in [5.74, 6) is -1.77. The Morgan fingerprint density at radius 2 is 1.94 bits per heavy atom. The molecule has 1 aromatic carbocycles. The number of hydrogen-bond acceptors (Lipinski definition) is 3. The van der Waals surface area contributed by atoms with E-state index in [2.05, 4.69) is 24.0 Å². The maximum atomic E-state index is 13.2. The number of nitrogens with two attached hydrogens (primary N) is 1. The van der Waals surface area contributed by atoms with Crippen LogP contribution in [0.15, 0.2) is 43.0 Å². The molecule has 6 nitrogen and oxygen atoms in total. The van der Waals surface area contributed by atoms with Gasteiger partial charge in [0.1, 0.15) is 6.04 Å². The molecule has 2 rings (SSSR count). The molecule has 170 valence electrons. The Labute approximate surface area is 186 Å². The minimum absolute atomic E-state index is 0.0376. The van der Waals surface area contributed by atoms with Crippen molar-refractivity contribution in [3.05, 3.63) is 48.6 Å². The van der Waals surface area contributed by atoms with Gasteiger partial charge in [-0.2, -0.15) is 0 Å². The number of benzene rings is 1. The number of nitrogens with zero attached hydrogens (tertiary/aromatic N) is 1. The molecule has 31 heavy (non-hydrogen) atoms. The van der Waals surface area contributed by atoms with Crippen LogP contribution in [0.2, 0.25) is 0 Å². The summed E-state index contributed by atoms with van der Waals surface area (Å²) >= 11 is 0. The second kappa shape index (κ2) is 12.3. The number of hydrogen-bond donors (Lipinski definition) is 2. The minimum atomic E-state index is -0.616. The van der Waals surface area contributed by atoms with E-state index in [1.807, 2.05) is 36.9 Å². The first-order valence-electron chi connectivity index (χ1n) is 11.4. The molecule has 0 saturated carbocycles. The van der Waals surface area contributed by atoms with E-state index < -0.39 is 23.8 Å². The molecular weight excluding hydrogens is 390 g/mol. The molecule has 0 aromatic heterocycles. The average molecular weight is 428 g/mol. The van der Waals surface area contributed by atoms with Crippen molar-refractivity contribution in [3.63, 3.8) is 0 Å². The zero-order valence-corrected chi connectivity index (χ0v) is 18.9. The fourth-order valence-corrected chi connectivity index (χ4v) is 4.27. The highest BCUT2D eigenvalue weighted by Gasteiger charge is 2.35. The highest BCUT2D eigenvalue weighted by atomic mass is 16.2. The van der Waals surface area contributed by atoms with Crippen molar-refractivity contribution >= 4 is 17.7 Å². The van der Waals surface area contributed by atoms with Crippen LogP contribution in [0, 0.1) is 17.8 Å². The quantitative estimate of drug-likeness (QED) is 0.532. The van der Waals surface area contributed by atoms with E-state index in [9.17, 15) is 14.4 Å². The lowest BCUT2D eigenvalue weighted by Gasteiger charge is -2.29. The third-order valence-corrected chi connectivity index (χ3v) is 5.94. The van der Waals surface area contributed by atoms with Crippen LogP contribution in [-0.2, 0) is 20.8 Å². The van der Waals surface area contributed by atoms with E-state index in [0.29, 0.717) is 32.4 Å². The van der Waals surface area contributed by atoms with Crippen LogP contribution in [-0.4, -0.2) is 41.8 Å². The third-order valence-electron chi connectivity index (χ3n) is 5.94. The summed E-state index contributed by atoms with van der Waals surface area (Å²) in [7, 11) is 0. The fraction of sp³-hybridized carbons (Fsp3) is 0.560. The lowest BCUT2D eigenvalue weighted by atomic mass is 9.82. The van der Waals surface area contributed by atoms with Gasteiger partial charge in [0.2, 0.25) is 17.7 Å². The molecule has 1 saturated heterocycles. The third kappa shape index (κ3) is 7.53. The minimum Gasteiger partial charge on any atom is -0.369 e. The van der Waals surface area contributed by atoms with Crippen LogP contribution < -0.4 is 11.1 Å². The van der Waals surface area contributed by atoms with Crippen molar-refractivity contribution in [2.45, 2.75) is 58.4 Å². The van der Waals surface area contributed by atoms with Crippen molar-refractivity contribution < 1.29 is 14.4 Å². The molecule has 3 atom stereocenters. The molecule has 1 aliphatic rings. The second-order valence-electron chi connectivity index (χ2n) is 8.89. The van der Waals surface area contributed by atoms with Crippen molar-refractivity contribution in [1.29, 1.82) is 0 Å². The molecule has 6 heteroatoms. The highest BCUT2D eigenvalue weighted by molar-refractivity contribution is 5.91. The zero-order valence-electron chi connectivity index (χ0n) is 18.9. The molecule has 3 N–H and O–H groups in total. The van der Waals surface area contributed by atoms with Gasteiger partial charge in [0.05, 0.1) is 11.8 Å². The van der Waals surface area contributed by atoms with Gasteiger partial charge >= 0.3 is 0 Å². The Bertz CT molecular complexity index is 748. The monoisotopic (exact) mass is 427 g/mol. The average Bonchev–Trinajstić information content (AvgIpc) is 2.91. The summed E-state index contributed by atoms with van der Waals surface area (Å²) in [6.07, 6.45) is 5.70. The van der Waals surface area contributed by atoms with Crippen molar-refractivity contribution in [3.8, 4) is 0 Å². The summed E-state index contributed by atoms with van der Waals surface area (Å²) in [6.45, 7) is 9.05. The van der Waals surface area contributed by atoms with E-state index in [-0.39, 0.29) is 17.7 Å². The summed E-state index contributed by atoms with van der Waals surface area (Å²) < 4.78 is 0. The van der Waals surface area contributed by atoms with Crippen LogP contribution in [0.3, 0.4) is 0 Å². The van der Waals surface area contributed by atoms with Crippen LogP contribution in [0.5, 0.6) is 0 Å². The molecule has 1 fully saturated rings. The molecule has 0 aliphatic carbocycles. The van der Waals surface area contributed by atoms with Gasteiger partial charge < -0.3 is 16.0 Å². The first-order valence-corrected chi connectivity index (χ1v) is 11.4. The van der Waals surface area contributed by atoms with Gasteiger partial charge in [-0.3, -0.25) is 14.4 Å². The molecule has 0 radical (unpaired) electrons.